The van der Waals surface area contributed by atoms with Gasteiger partial charge >= 0.3 is 0 Å². The maximum absolute atomic E-state index is 13.1. The number of Topliss-reactive ketones (excluding diaryl/α,β-unsaturated/α-hetero) is 1. The summed E-state index contributed by atoms with van der Waals surface area (Å²) >= 11 is 0. The molecule has 2 fully saturated rings. The minimum Gasteiger partial charge on any atom is -0.378 e. The highest BCUT2D eigenvalue weighted by Crippen LogP contribution is 2.44. The van der Waals surface area contributed by atoms with E-state index in [1.54, 1.807) is 0 Å². The quantitative estimate of drug-likeness (QED) is 0.431. The first-order valence-corrected chi connectivity index (χ1v) is 13.0. The van der Waals surface area contributed by atoms with Crippen LogP contribution in [0.2, 0.25) is 0 Å². The molecule has 3 aliphatic rings. The van der Waals surface area contributed by atoms with Gasteiger partial charge in [-0.25, -0.2) is 0 Å². The second-order valence-electron chi connectivity index (χ2n) is 10.2. The van der Waals surface area contributed by atoms with Crippen molar-refractivity contribution in [3.8, 4) is 0 Å². The molecule has 0 amide bonds. The van der Waals surface area contributed by atoms with Gasteiger partial charge in [-0.1, -0.05) is 80.7 Å². The Morgan fingerprint density at radius 3 is 2.62 bits per heavy atom. The molecule has 0 saturated heterocycles. The van der Waals surface area contributed by atoms with Crippen LogP contribution in [-0.4, -0.2) is 28.6 Å². The van der Waals surface area contributed by atoms with Crippen LogP contribution in [0.4, 0.5) is 0 Å². The lowest BCUT2D eigenvalue weighted by Gasteiger charge is -2.40. The second-order valence-corrected chi connectivity index (χ2v) is 10.2. The number of ketones is 1. The lowest BCUT2D eigenvalue weighted by atomic mass is 9.64. The topological polar surface area (TPSA) is 40.5 Å². The fraction of sp³-hybridized carbons (Fsp3) is 0.621. The molecule has 32 heavy (non-hydrogen) atoms. The second kappa shape index (κ2) is 12.0. The zero-order chi connectivity index (χ0) is 22.2. The largest absolute Gasteiger partial charge is 0.378 e. The molecule has 0 spiro atoms. The molecule has 4 unspecified atom stereocenters. The molecule has 1 aromatic carbocycles. The van der Waals surface area contributed by atoms with Gasteiger partial charge in [0.1, 0.15) is 12.0 Å². The van der Waals surface area contributed by atoms with Gasteiger partial charge in [0, 0.05) is 25.4 Å². The molecule has 1 aromatic rings. The number of carbonyl (C=O) groups is 1. The van der Waals surface area contributed by atoms with Crippen molar-refractivity contribution in [3.63, 3.8) is 0 Å². The standard InChI is InChI=1S/C29H41NO2/c31-28(27-18-9-16-25-15-7-8-17-26(25)27)19-10-20-29(32)30(21-23-11-3-1-4-12-23)22-24-13-5-2-6-14-24/h1,3-5,11-14,25-27,29,32H,2,6-10,15-22H2. The first-order valence-electron chi connectivity index (χ1n) is 13.0. The number of benzene rings is 1. The van der Waals surface area contributed by atoms with E-state index in [1.807, 2.05) is 6.07 Å². The molecule has 0 aromatic heterocycles. The van der Waals surface area contributed by atoms with Gasteiger partial charge in [0.05, 0.1) is 0 Å². The van der Waals surface area contributed by atoms with E-state index in [-0.39, 0.29) is 0 Å². The maximum Gasteiger partial charge on any atom is 0.136 e. The van der Waals surface area contributed by atoms with Crippen molar-refractivity contribution in [3.05, 3.63) is 59.7 Å². The van der Waals surface area contributed by atoms with Crippen molar-refractivity contribution in [1.82, 2.24) is 4.90 Å². The van der Waals surface area contributed by atoms with Crippen LogP contribution >= 0.6 is 0 Å². The number of allylic oxidation sites excluding steroid dienone is 2. The molecule has 4 atom stereocenters. The Kier molecular flexibility index (Phi) is 8.76. The molecule has 4 rings (SSSR count). The van der Waals surface area contributed by atoms with Crippen molar-refractivity contribution in [2.45, 2.75) is 89.8 Å². The molecule has 2 saturated carbocycles. The maximum atomic E-state index is 13.1. The van der Waals surface area contributed by atoms with Crippen LogP contribution in [0, 0.1) is 17.8 Å². The molecular formula is C29H41NO2. The molecule has 1 N–H and O–H groups in total. The summed E-state index contributed by atoms with van der Waals surface area (Å²) in [6.07, 6.45) is 19.4. The summed E-state index contributed by atoms with van der Waals surface area (Å²) in [7, 11) is 0. The smallest absolute Gasteiger partial charge is 0.136 e. The normalized spacial score (nSPS) is 26.4. The highest BCUT2D eigenvalue weighted by Gasteiger charge is 2.37. The average Bonchev–Trinajstić information content (AvgIpc) is 2.84. The zero-order valence-electron chi connectivity index (χ0n) is 19.6. The number of hydrogen-bond acceptors (Lipinski definition) is 3. The number of carbonyl (C=O) groups excluding carboxylic acids is 1. The summed E-state index contributed by atoms with van der Waals surface area (Å²) in [6.45, 7) is 1.49. The van der Waals surface area contributed by atoms with Crippen LogP contribution in [0.15, 0.2) is 54.1 Å². The van der Waals surface area contributed by atoms with Crippen LogP contribution in [0.25, 0.3) is 0 Å². The lowest BCUT2D eigenvalue weighted by molar-refractivity contribution is -0.127. The van der Waals surface area contributed by atoms with E-state index in [4.69, 9.17) is 0 Å². The van der Waals surface area contributed by atoms with E-state index in [2.05, 4.69) is 47.4 Å². The molecule has 0 aliphatic heterocycles. The van der Waals surface area contributed by atoms with Crippen LogP contribution in [0.3, 0.4) is 0 Å². The molecular weight excluding hydrogens is 394 g/mol. The lowest BCUT2D eigenvalue weighted by Crippen LogP contribution is -2.37. The number of nitrogens with zero attached hydrogens (tertiary/aromatic N) is 1. The van der Waals surface area contributed by atoms with E-state index in [0.29, 0.717) is 30.5 Å². The molecule has 3 heteroatoms. The minimum absolute atomic E-state index is 0.296. The SMILES string of the molecule is O=C(CCCC(O)N(CC1=CCCC=C1)Cc1ccccc1)C1CCCC2CCCCC21. The van der Waals surface area contributed by atoms with Crippen LogP contribution < -0.4 is 0 Å². The van der Waals surface area contributed by atoms with Gasteiger partial charge in [0.15, 0.2) is 0 Å². The third-order valence-corrected chi connectivity index (χ3v) is 7.98. The Morgan fingerprint density at radius 1 is 1.00 bits per heavy atom. The highest BCUT2D eigenvalue weighted by molar-refractivity contribution is 5.81. The Hall–Kier alpha value is -1.71. The summed E-state index contributed by atoms with van der Waals surface area (Å²) in [6, 6.07) is 10.4. The summed E-state index contributed by atoms with van der Waals surface area (Å²) in [5.74, 6) is 2.22. The molecule has 174 valence electrons. The van der Waals surface area contributed by atoms with E-state index in [9.17, 15) is 9.90 Å². The summed E-state index contributed by atoms with van der Waals surface area (Å²) in [5, 5.41) is 11.1. The summed E-state index contributed by atoms with van der Waals surface area (Å²) < 4.78 is 0. The van der Waals surface area contributed by atoms with Gasteiger partial charge in [-0.05, 0) is 61.5 Å². The first kappa shape index (κ1) is 23.4. The van der Waals surface area contributed by atoms with Gasteiger partial charge in [0.2, 0.25) is 0 Å². The molecule has 3 aliphatic carbocycles. The Labute approximate surface area is 194 Å². The Bertz CT molecular complexity index is 782. The fourth-order valence-corrected chi connectivity index (χ4v) is 6.27. The number of fused-ring (bicyclic) bond motifs is 1. The predicted octanol–water partition coefficient (Wildman–Crippen LogP) is 6.43. The number of aliphatic hydroxyl groups is 1. The molecule has 0 bridgehead atoms. The van der Waals surface area contributed by atoms with Crippen molar-refractivity contribution >= 4 is 5.78 Å². The third kappa shape index (κ3) is 6.42. The first-order chi connectivity index (χ1) is 15.7. The molecule has 3 nitrogen and oxygen atoms in total. The van der Waals surface area contributed by atoms with Crippen molar-refractivity contribution in [2.75, 3.05) is 6.54 Å². The van der Waals surface area contributed by atoms with Gasteiger partial charge < -0.3 is 5.11 Å². The van der Waals surface area contributed by atoms with Crippen LogP contribution in [0.1, 0.15) is 82.6 Å². The number of hydrogen-bond donors (Lipinski definition) is 1. The number of rotatable bonds is 10. The van der Waals surface area contributed by atoms with Gasteiger partial charge in [-0.3, -0.25) is 9.69 Å². The molecule has 0 radical (unpaired) electrons. The fourth-order valence-electron chi connectivity index (χ4n) is 6.27. The summed E-state index contributed by atoms with van der Waals surface area (Å²) in [5.41, 5.74) is 2.50. The van der Waals surface area contributed by atoms with E-state index in [1.165, 1.54) is 49.7 Å². The average molecular weight is 436 g/mol. The van der Waals surface area contributed by atoms with Crippen molar-refractivity contribution in [2.24, 2.45) is 17.8 Å². The monoisotopic (exact) mass is 435 g/mol. The molecule has 0 heterocycles. The minimum atomic E-state index is -0.520. The summed E-state index contributed by atoms with van der Waals surface area (Å²) in [4.78, 5) is 15.3. The Morgan fingerprint density at radius 2 is 1.81 bits per heavy atom. The van der Waals surface area contributed by atoms with E-state index in [0.717, 1.165) is 44.7 Å². The van der Waals surface area contributed by atoms with Crippen molar-refractivity contribution < 1.29 is 9.90 Å². The van der Waals surface area contributed by atoms with E-state index < -0.39 is 6.23 Å². The third-order valence-electron chi connectivity index (χ3n) is 7.98. The van der Waals surface area contributed by atoms with Crippen LogP contribution in [0.5, 0.6) is 0 Å². The van der Waals surface area contributed by atoms with Crippen molar-refractivity contribution in [1.29, 1.82) is 0 Å². The Balaban J connectivity index is 1.31. The van der Waals surface area contributed by atoms with Gasteiger partial charge in [0.25, 0.3) is 0 Å². The zero-order valence-corrected chi connectivity index (χ0v) is 19.6. The predicted molar refractivity (Wildman–Crippen MR) is 131 cm³/mol. The highest BCUT2D eigenvalue weighted by atomic mass is 16.3. The number of aliphatic hydroxyl groups excluding tert-OH is 1. The van der Waals surface area contributed by atoms with Gasteiger partial charge in [-0.15, -0.1) is 0 Å². The van der Waals surface area contributed by atoms with E-state index >= 15 is 0 Å². The van der Waals surface area contributed by atoms with Gasteiger partial charge in [-0.2, -0.15) is 0 Å². The van der Waals surface area contributed by atoms with Crippen LogP contribution in [-0.2, 0) is 11.3 Å².